The van der Waals surface area contributed by atoms with Gasteiger partial charge in [-0.1, -0.05) is 52.1 Å². The van der Waals surface area contributed by atoms with E-state index in [4.69, 9.17) is 37.4 Å². The quantitative estimate of drug-likeness (QED) is 0.132. The summed E-state index contributed by atoms with van der Waals surface area (Å²) in [6.07, 6.45) is 2.25. The minimum Gasteiger partial charge on any atom is -0.494 e. The third-order valence-corrected chi connectivity index (χ3v) is 5.70. The van der Waals surface area contributed by atoms with Gasteiger partial charge in [0.2, 0.25) is 0 Å². The van der Waals surface area contributed by atoms with Crippen LogP contribution in [0.5, 0.6) is 17.2 Å². The van der Waals surface area contributed by atoms with Crippen LogP contribution in [0.3, 0.4) is 0 Å². The van der Waals surface area contributed by atoms with Crippen LogP contribution >= 0.6 is 39.1 Å². The molecule has 3 aromatic carbocycles. The maximum absolute atomic E-state index is 12.6. The van der Waals surface area contributed by atoms with Crippen molar-refractivity contribution in [2.45, 2.75) is 13.3 Å². The third-order valence-electron chi connectivity index (χ3n) is 4.41. The molecule has 0 saturated carbocycles. The maximum Gasteiger partial charge on any atom is 0.343 e. The summed E-state index contributed by atoms with van der Waals surface area (Å²) >= 11 is 15.3. The van der Waals surface area contributed by atoms with E-state index in [1.165, 1.54) is 6.21 Å². The molecule has 0 fully saturated rings. The molecule has 0 radical (unpaired) electrons. The van der Waals surface area contributed by atoms with Crippen molar-refractivity contribution in [2.75, 3.05) is 13.2 Å². The summed E-state index contributed by atoms with van der Waals surface area (Å²) in [5.41, 5.74) is 3.18. The first-order valence-electron chi connectivity index (χ1n) is 10.5. The minimum absolute atomic E-state index is 0.217. The molecule has 0 aliphatic rings. The third kappa shape index (κ3) is 7.99. The van der Waals surface area contributed by atoms with Crippen LogP contribution in [0.1, 0.15) is 29.3 Å². The Hall–Kier alpha value is -3.07. The highest BCUT2D eigenvalue weighted by molar-refractivity contribution is 9.10. The summed E-state index contributed by atoms with van der Waals surface area (Å²) in [6, 6.07) is 16.6. The van der Waals surface area contributed by atoms with E-state index in [-0.39, 0.29) is 23.1 Å². The lowest BCUT2D eigenvalue weighted by Crippen LogP contribution is -2.24. The Balaban J connectivity index is 1.60. The zero-order valence-corrected chi connectivity index (χ0v) is 21.7. The standard InChI is InChI=1S/C25H21BrCl2N2O5/c1-2-12-33-19-9-6-16(7-10-19)25(32)35-21-11-8-18(26)13-17(21)14-29-30-23(31)15-34-22-5-3-4-20(27)24(22)28/h3-11,13-14H,2,12,15H2,1H3,(H,30,31). The summed E-state index contributed by atoms with van der Waals surface area (Å²) in [5.74, 6) is 0.169. The molecule has 35 heavy (non-hydrogen) atoms. The van der Waals surface area contributed by atoms with Crippen molar-refractivity contribution in [3.8, 4) is 17.2 Å². The molecule has 1 amide bonds. The number of ether oxygens (including phenoxy) is 3. The summed E-state index contributed by atoms with van der Waals surface area (Å²) in [4.78, 5) is 24.7. The van der Waals surface area contributed by atoms with Crippen LogP contribution in [0.2, 0.25) is 10.0 Å². The molecular formula is C25H21BrCl2N2O5. The Labute approximate surface area is 221 Å². The first-order valence-corrected chi connectivity index (χ1v) is 12.1. The Bertz CT molecular complexity index is 1220. The number of hydrogen-bond donors (Lipinski definition) is 1. The van der Waals surface area contributed by atoms with Crippen molar-refractivity contribution in [1.29, 1.82) is 0 Å². The van der Waals surface area contributed by atoms with Gasteiger partial charge in [0.15, 0.2) is 6.61 Å². The minimum atomic E-state index is -0.542. The van der Waals surface area contributed by atoms with Gasteiger partial charge in [-0.2, -0.15) is 5.10 Å². The molecule has 3 aromatic rings. The second kappa shape index (κ2) is 13.1. The van der Waals surface area contributed by atoms with Crippen molar-refractivity contribution in [2.24, 2.45) is 5.10 Å². The zero-order chi connectivity index (χ0) is 25.2. The average Bonchev–Trinajstić information content (AvgIpc) is 2.85. The Morgan fingerprint density at radius 2 is 1.80 bits per heavy atom. The normalized spacial score (nSPS) is 10.7. The second-order valence-corrected chi connectivity index (χ2v) is 8.78. The summed E-state index contributed by atoms with van der Waals surface area (Å²) in [5, 5.41) is 4.46. The lowest BCUT2D eigenvalue weighted by atomic mass is 10.2. The van der Waals surface area contributed by atoms with Gasteiger partial charge in [0, 0.05) is 10.0 Å². The number of halogens is 3. The fourth-order valence-corrected chi connectivity index (χ4v) is 3.45. The number of nitrogens with one attached hydrogen (secondary N) is 1. The molecule has 0 aromatic heterocycles. The lowest BCUT2D eigenvalue weighted by molar-refractivity contribution is -0.123. The van der Waals surface area contributed by atoms with Crippen LogP contribution in [0.25, 0.3) is 0 Å². The first-order chi connectivity index (χ1) is 16.9. The van der Waals surface area contributed by atoms with Crippen LogP contribution in [-0.4, -0.2) is 31.3 Å². The number of amides is 1. The molecule has 3 rings (SSSR count). The van der Waals surface area contributed by atoms with Gasteiger partial charge in [0.1, 0.15) is 22.3 Å². The smallest absolute Gasteiger partial charge is 0.343 e. The topological polar surface area (TPSA) is 86.2 Å². The fraction of sp³-hybridized carbons (Fsp3) is 0.160. The van der Waals surface area contributed by atoms with E-state index in [2.05, 4.69) is 26.5 Å². The van der Waals surface area contributed by atoms with Gasteiger partial charge in [-0.05, 0) is 61.0 Å². The number of benzene rings is 3. The predicted molar refractivity (Wildman–Crippen MR) is 139 cm³/mol. The molecule has 182 valence electrons. The Morgan fingerprint density at radius 1 is 1.03 bits per heavy atom. The number of carbonyl (C=O) groups excluding carboxylic acids is 2. The number of rotatable bonds is 10. The van der Waals surface area contributed by atoms with Gasteiger partial charge in [-0.3, -0.25) is 4.79 Å². The number of esters is 1. The highest BCUT2D eigenvalue weighted by Gasteiger charge is 2.12. The van der Waals surface area contributed by atoms with Crippen molar-refractivity contribution in [3.05, 3.63) is 86.3 Å². The van der Waals surface area contributed by atoms with E-state index in [0.29, 0.717) is 28.5 Å². The molecule has 0 heterocycles. The van der Waals surface area contributed by atoms with Crippen molar-refractivity contribution >= 4 is 57.2 Å². The van der Waals surface area contributed by atoms with Crippen LogP contribution in [0.15, 0.2) is 70.2 Å². The van der Waals surface area contributed by atoms with Gasteiger partial charge in [-0.25, -0.2) is 10.2 Å². The van der Waals surface area contributed by atoms with Gasteiger partial charge in [0.05, 0.1) is 23.4 Å². The first kappa shape index (κ1) is 26.5. The molecule has 0 atom stereocenters. The molecule has 0 unspecified atom stereocenters. The molecular weight excluding hydrogens is 559 g/mol. The zero-order valence-electron chi connectivity index (χ0n) is 18.6. The van der Waals surface area contributed by atoms with Crippen LogP contribution < -0.4 is 19.6 Å². The number of nitrogens with zero attached hydrogens (tertiary/aromatic N) is 1. The SMILES string of the molecule is CCCOc1ccc(C(=O)Oc2ccc(Br)cc2C=NNC(=O)COc2cccc(Cl)c2Cl)cc1. The summed E-state index contributed by atoms with van der Waals surface area (Å²) < 4.78 is 17.2. The Morgan fingerprint density at radius 3 is 2.54 bits per heavy atom. The van der Waals surface area contributed by atoms with Crippen LogP contribution in [-0.2, 0) is 4.79 Å². The van der Waals surface area contributed by atoms with Crippen LogP contribution in [0, 0.1) is 0 Å². The van der Waals surface area contributed by atoms with Crippen molar-refractivity contribution in [3.63, 3.8) is 0 Å². The molecule has 0 aliphatic carbocycles. The van der Waals surface area contributed by atoms with Gasteiger partial charge in [-0.15, -0.1) is 0 Å². The summed E-state index contributed by atoms with van der Waals surface area (Å²) in [6.45, 7) is 2.29. The van der Waals surface area contributed by atoms with Crippen molar-refractivity contribution < 1.29 is 23.8 Å². The Kier molecular flexibility index (Phi) is 9.96. The average molecular weight is 580 g/mol. The molecule has 0 saturated heterocycles. The van der Waals surface area contributed by atoms with E-state index in [0.717, 1.165) is 10.9 Å². The van der Waals surface area contributed by atoms with Crippen LogP contribution in [0.4, 0.5) is 0 Å². The lowest BCUT2D eigenvalue weighted by Gasteiger charge is -2.09. The largest absolute Gasteiger partial charge is 0.494 e. The van der Waals surface area contributed by atoms with E-state index in [9.17, 15) is 9.59 Å². The molecule has 10 heteroatoms. The molecule has 0 aliphatic heterocycles. The molecule has 0 spiro atoms. The van der Waals surface area contributed by atoms with E-state index in [1.54, 1.807) is 60.7 Å². The number of carbonyl (C=O) groups is 2. The monoisotopic (exact) mass is 578 g/mol. The highest BCUT2D eigenvalue weighted by Crippen LogP contribution is 2.31. The molecule has 1 N–H and O–H groups in total. The van der Waals surface area contributed by atoms with Crippen molar-refractivity contribution in [1.82, 2.24) is 5.43 Å². The molecule has 7 nitrogen and oxygen atoms in total. The summed E-state index contributed by atoms with van der Waals surface area (Å²) in [7, 11) is 0. The van der Waals surface area contributed by atoms with E-state index >= 15 is 0 Å². The second-order valence-electron chi connectivity index (χ2n) is 7.08. The van der Waals surface area contributed by atoms with E-state index in [1.807, 2.05) is 6.92 Å². The molecule has 0 bridgehead atoms. The van der Waals surface area contributed by atoms with Gasteiger partial charge < -0.3 is 14.2 Å². The highest BCUT2D eigenvalue weighted by atomic mass is 79.9. The fourth-order valence-electron chi connectivity index (χ4n) is 2.72. The van der Waals surface area contributed by atoms with E-state index < -0.39 is 11.9 Å². The number of hydrogen-bond acceptors (Lipinski definition) is 6. The van der Waals surface area contributed by atoms with Gasteiger partial charge >= 0.3 is 5.97 Å². The maximum atomic E-state index is 12.6. The van der Waals surface area contributed by atoms with Gasteiger partial charge in [0.25, 0.3) is 5.91 Å². The number of hydrazone groups is 1. The predicted octanol–water partition coefficient (Wildman–Crippen LogP) is 6.29.